The molecule has 5 rings (SSSR count). The second kappa shape index (κ2) is 6.43. The minimum atomic E-state index is -0.357. The number of nitrogens with one attached hydrogen (secondary N) is 1. The van der Waals surface area contributed by atoms with Gasteiger partial charge in [-0.1, -0.05) is 12.1 Å². The van der Waals surface area contributed by atoms with Gasteiger partial charge < -0.3 is 5.32 Å². The minimum Gasteiger partial charge on any atom is -0.328 e. The molecule has 1 atom stereocenters. The van der Waals surface area contributed by atoms with Gasteiger partial charge in [0.1, 0.15) is 6.04 Å². The molecule has 1 unspecified atom stereocenters. The first-order valence-electron chi connectivity index (χ1n) is 9.15. The maximum Gasteiger partial charge on any atom is 0.226 e. The van der Waals surface area contributed by atoms with Crippen molar-refractivity contribution < 1.29 is 4.79 Å². The van der Waals surface area contributed by atoms with Crippen LogP contribution in [0.1, 0.15) is 36.4 Å². The van der Waals surface area contributed by atoms with Gasteiger partial charge in [0, 0.05) is 35.6 Å². The zero-order chi connectivity index (χ0) is 19.1. The molecular weight excluding hydrogens is 352 g/mol. The van der Waals surface area contributed by atoms with Crippen molar-refractivity contribution in [2.45, 2.75) is 25.3 Å². The number of fused-ring (bicyclic) bond motifs is 1. The van der Waals surface area contributed by atoms with Crippen LogP contribution in [0.2, 0.25) is 0 Å². The standard InChI is InChI=1S/C21H16N6O/c22-11-13-6-8-14(9-7-13)19-18-16(4-1-5-17(18)28)24-21-25-20(26-27(19)21)15-3-2-10-23-12-15/h2-3,6-10,12,19H,1,4-5H2,(H,24,25,26). The molecule has 2 aliphatic rings. The fourth-order valence-corrected chi connectivity index (χ4v) is 3.82. The Labute approximate surface area is 161 Å². The lowest BCUT2D eigenvalue weighted by atomic mass is 9.85. The first kappa shape index (κ1) is 16.4. The smallest absolute Gasteiger partial charge is 0.226 e. The van der Waals surface area contributed by atoms with E-state index < -0.39 is 0 Å². The molecule has 0 saturated heterocycles. The Kier molecular flexibility index (Phi) is 3.76. The van der Waals surface area contributed by atoms with E-state index in [-0.39, 0.29) is 11.8 Å². The van der Waals surface area contributed by atoms with E-state index in [0.717, 1.165) is 35.2 Å². The van der Waals surface area contributed by atoms with Crippen molar-refractivity contribution in [3.8, 4) is 17.5 Å². The number of anilines is 1. The fraction of sp³-hybridized carbons (Fsp3) is 0.190. The summed E-state index contributed by atoms with van der Waals surface area (Å²) in [5.74, 6) is 1.30. The number of carbonyl (C=O) groups excluding carboxylic acids is 1. The molecule has 0 saturated carbocycles. The highest BCUT2D eigenvalue weighted by Gasteiger charge is 2.36. The molecule has 1 aliphatic carbocycles. The molecule has 0 bridgehead atoms. The Hall–Kier alpha value is -3.79. The van der Waals surface area contributed by atoms with E-state index in [1.165, 1.54) is 0 Å². The van der Waals surface area contributed by atoms with E-state index >= 15 is 0 Å². The predicted octanol–water partition coefficient (Wildman–Crippen LogP) is 3.23. The number of hydrogen-bond acceptors (Lipinski definition) is 6. The summed E-state index contributed by atoms with van der Waals surface area (Å²) in [4.78, 5) is 21.6. The van der Waals surface area contributed by atoms with Gasteiger partial charge in [0.05, 0.1) is 11.6 Å². The van der Waals surface area contributed by atoms with Crippen LogP contribution in [0.5, 0.6) is 0 Å². The normalized spacial score (nSPS) is 18.1. The van der Waals surface area contributed by atoms with Gasteiger partial charge in [0.2, 0.25) is 5.95 Å². The number of hydrogen-bond donors (Lipinski definition) is 1. The zero-order valence-corrected chi connectivity index (χ0v) is 15.0. The van der Waals surface area contributed by atoms with E-state index in [9.17, 15) is 4.79 Å². The zero-order valence-electron chi connectivity index (χ0n) is 15.0. The van der Waals surface area contributed by atoms with E-state index in [1.54, 1.807) is 29.2 Å². The Morgan fingerprint density at radius 2 is 2.04 bits per heavy atom. The van der Waals surface area contributed by atoms with Gasteiger partial charge in [-0.2, -0.15) is 10.2 Å². The number of nitrogens with zero attached hydrogens (tertiary/aromatic N) is 5. The number of pyridine rings is 1. The summed E-state index contributed by atoms with van der Waals surface area (Å²) in [6, 6.07) is 12.8. The molecule has 28 heavy (non-hydrogen) atoms. The van der Waals surface area contributed by atoms with Crippen LogP contribution in [-0.2, 0) is 4.79 Å². The average molecular weight is 368 g/mol. The molecule has 1 N–H and O–H groups in total. The van der Waals surface area contributed by atoms with Crippen molar-refractivity contribution in [1.82, 2.24) is 19.7 Å². The van der Waals surface area contributed by atoms with Gasteiger partial charge in [-0.15, -0.1) is 5.10 Å². The Morgan fingerprint density at radius 1 is 1.18 bits per heavy atom. The van der Waals surface area contributed by atoms with Crippen LogP contribution in [-0.4, -0.2) is 25.5 Å². The maximum absolute atomic E-state index is 12.8. The molecule has 7 nitrogen and oxygen atoms in total. The number of nitriles is 1. The predicted molar refractivity (Wildman–Crippen MR) is 102 cm³/mol. The van der Waals surface area contributed by atoms with Crippen LogP contribution in [0, 0.1) is 11.3 Å². The number of rotatable bonds is 2. The third-order valence-electron chi connectivity index (χ3n) is 5.14. The van der Waals surface area contributed by atoms with Crippen molar-refractivity contribution in [2.24, 2.45) is 0 Å². The minimum absolute atomic E-state index is 0.132. The summed E-state index contributed by atoms with van der Waals surface area (Å²) in [5, 5.41) is 17.1. The molecule has 0 fully saturated rings. The summed E-state index contributed by atoms with van der Waals surface area (Å²) in [7, 11) is 0. The molecule has 136 valence electrons. The second-order valence-corrected chi connectivity index (χ2v) is 6.88. The summed E-state index contributed by atoms with van der Waals surface area (Å²) in [6.07, 6.45) is 5.59. The third kappa shape index (κ3) is 2.58. The topological polar surface area (TPSA) is 96.5 Å². The van der Waals surface area contributed by atoms with Gasteiger partial charge in [0.15, 0.2) is 11.6 Å². The van der Waals surface area contributed by atoms with Crippen molar-refractivity contribution >= 4 is 11.7 Å². The van der Waals surface area contributed by atoms with Gasteiger partial charge in [-0.05, 0) is 42.7 Å². The molecule has 1 aromatic carbocycles. The van der Waals surface area contributed by atoms with Crippen LogP contribution in [0.4, 0.5) is 5.95 Å². The Bertz CT molecular complexity index is 1140. The summed E-state index contributed by atoms with van der Waals surface area (Å²) >= 11 is 0. The van der Waals surface area contributed by atoms with Crippen molar-refractivity contribution in [2.75, 3.05) is 5.32 Å². The number of Topliss-reactive ketones (excluding diaryl/α,β-unsaturated/α-hetero) is 1. The number of ketones is 1. The first-order valence-corrected chi connectivity index (χ1v) is 9.15. The van der Waals surface area contributed by atoms with Crippen LogP contribution >= 0.6 is 0 Å². The largest absolute Gasteiger partial charge is 0.328 e. The SMILES string of the molecule is N#Cc1ccc(C2C3=C(CCCC3=O)Nc3nc(-c4cccnc4)nn32)cc1. The van der Waals surface area contributed by atoms with Crippen LogP contribution in [0.3, 0.4) is 0 Å². The highest BCUT2D eigenvalue weighted by Crippen LogP contribution is 2.40. The quantitative estimate of drug-likeness (QED) is 0.746. The Morgan fingerprint density at radius 3 is 2.79 bits per heavy atom. The van der Waals surface area contributed by atoms with E-state index in [4.69, 9.17) is 10.4 Å². The Balaban J connectivity index is 1.67. The van der Waals surface area contributed by atoms with E-state index in [2.05, 4.69) is 21.4 Å². The summed E-state index contributed by atoms with van der Waals surface area (Å²) in [5.41, 5.74) is 3.97. The third-order valence-corrected chi connectivity index (χ3v) is 5.14. The molecule has 0 amide bonds. The average Bonchev–Trinajstić information content (AvgIpc) is 3.17. The second-order valence-electron chi connectivity index (χ2n) is 6.88. The molecule has 2 aromatic heterocycles. The van der Waals surface area contributed by atoms with Gasteiger partial charge >= 0.3 is 0 Å². The van der Waals surface area contributed by atoms with E-state index in [0.29, 0.717) is 23.8 Å². The molecule has 3 heterocycles. The summed E-state index contributed by atoms with van der Waals surface area (Å²) in [6.45, 7) is 0. The van der Waals surface area contributed by atoms with Gasteiger partial charge in [-0.3, -0.25) is 9.78 Å². The maximum atomic E-state index is 12.8. The molecular formula is C21H16N6O. The van der Waals surface area contributed by atoms with E-state index in [1.807, 2.05) is 24.3 Å². The molecule has 0 radical (unpaired) electrons. The monoisotopic (exact) mass is 368 g/mol. The lowest BCUT2D eigenvalue weighted by molar-refractivity contribution is -0.116. The lowest BCUT2D eigenvalue weighted by Crippen LogP contribution is -2.31. The van der Waals surface area contributed by atoms with Crippen molar-refractivity contribution in [3.05, 3.63) is 71.2 Å². The number of carbonyl (C=O) groups is 1. The number of benzene rings is 1. The fourth-order valence-electron chi connectivity index (χ4n) is 3.82. The highest BCUT2D eigenvalue weighted by molar-refractivity contribution is 5.99. The van der Waals surface area contributed by atoms with Crippen molar-refractivity contribution in [3.63, 3.8) is 0 Å². The lowest BCUT2D eigenvalue weighted by Gasteiger charge is -2.32. The molecule has 7 heteroatoms. The number of allylic oxidation sites excluding steroid dienone is 2. The molecule has 0 spiro atoms. The van der Waals surface area contributed by atoms with Crippen molar-refractivity contribution in [1.29, 1.82) is 5.26 Å². The van der Waals surface area contributed by atoms with Gasteiger partial charge in [-0.25, -0.2) is 4.68 Å². The van der Waals surface area contributed by atoms with Gasteiger partial charge in [0.25, 0.3) is 0 Å². The molecule has 1 aliphatic heterocycles. The van der Waals surface area contributed by atoms with Crippen LogP contribution in [0.15, 0.2) is 60.1 Å². The van der Waals surface area contributed by atoms with Crippen LogP contribution < -0.4 is 5.32 Å². The van der Waals surface area contributed by atoms with Crippen LogP contribution in [0.25, 0.3) is 11.4 Å². The number of aromatic nitrogens is 4. The summed E-state index contributed by atoms with van der Waals surface area (Å²) < 4.78 is 1.77. The molecule has 3 aromatic rings. The first-order chi connectivity index (χ1) is 13.7. The highest BCUT2D eigenvalue weighted by atomic mass is 16.1.